The van der Waals surface area contributed by atoms with Crippen molar-refractivity contribution in [1.29, 1.82) is 0 Å². The zero-order valence-electron chi connectivity index (χ0n) is 17.4. The molecule has 160 valence electrons. The number of hydrogen-bond acceptors (Lipinski definition) is 3. The molecule has 1 aliphatic carbocycles. The van der Waals surface area contributed by atoms with Crippen LogP contribution in [0, 0.1) is 0 Å². The molecule has 31 heavy (non-hydrogen) atoms. The highest BCUT2D eigenvalue weighted by Gasteiger charge is 2.17. The van der Waals surface area contributed by atoms with Crippen molar-refractivity contribution < 1.29 is 9.59 Å². The van der Waals surface area contributed by atoms with Crippen molar-refractivity contribution in [2.24, 2.45) is 0 Å². The fraction of sp³-hybridized carbons (Fsp3) is 0.292. The van der Waals surface area contributed by atoms with Gasteiger partial charge in [0.25, 0.3) is 5.91 Å². The molecule has 0 spiro atoms. The van der Waals surface area contributed by atoms with E-state index in [0.29, 0.717) is 24.2 Å². The van der Waals surface area contributed by atoms with Gasteiger partial charge in [0.2, 0.25) is 0 Å². The molecule has 0 bridgehead atoms. The zero-order chi connectivity index (χ0) is 21.5. The predicted octanol–water partition coefficient (Wildman–Crippen LogP) is 3.91. The van der Waals surface area contributed by atoms with Crippen LogP contribution < -0.4 is 16.0 Å². The van der Waals surface area contributed by atoms with Crippen LogP contribution in [0.25, 0.3) is 5.69 Å². The minimum absolute atomic E-state index is 0.0576. The van der Waals surface area contributed by atoms with Crippen LogP contribution in [0.5, 0.6) is 0 Å². The number of amides is 3. The lowest BCUT2D eigenvalue weighted by Gasteiger charge is -2.12. The molecule has 0 unspecified atom stereocenters. The highest BCUT2D eigenvalue weighted by atomic mass is 16.2. The molecule has 1 heterocycles. The van der Waals surface area contributed by atoms with Gasteiger partial charge in [0, 0.05) is 36.5 Å². The maximum atomic E-state index is 12.3. The van der Waals surface area contributed by atoms with Gasteiger partial charge in [-0.3, -0.25) is 4.79 Å². The summed E-state index contributed by atoms with van der Waals surface area (Å²) >= 11 is 0. The molecule has 2 aromatic carbocycles. The molecule has 3 N–H and O–H groups in total. The normalized spacial score (nSPS) is 13.7. The first-order chi connectivity index (χ1) is 15.2. The Morgan fingerprint density at radius 2 is 1.71 bits per heavy atom. The van der Waals surface area contributed by atoms with Gasteiger partial charge in [-0.05, 0) is 55.3 Å². The smallest absolute Gasteiger partial charge is 0.319 e. The number of urea groups is 1. The average molecular weight is 418 g/mol. The highest BCUT2D eigenvalue weighted by Crippen LogP contribution is 2.18. The van der Waals surface area contributed by atoms with E-state index in [9.17, 15) is 9.59 Å². The molecule has 4 rings (SSSR count). The van der Waals surface area contributed by atoms with Gasteiger partial charge >= 0.3 is 6.03 Å². The number of carbonyl (C=O) groups is 2. The number of carbonyl (C=O) groups excluding carboxylic acids is 2. The van der Waals surface area contributed by atoms with Crippen LogP contribution in [-0.2, 0) is 6.42 Å². The molecular formula is C24H27N5O2. The molecule has 0 radical (unpaired) electrons. The monoisotopic (exact) mass is 417 g/mol. The van der Waals surface area contributed by atoms with E-state index in [2.05, 4.69) is 21.0 Å². The molecule has 7 heteroatoms. The Bertz CT molecular complexity index is 1010. The van der Waals surface area contributed by atoms with Crippen LogP contribution >= 0.6 is 0 Å². The summed E-state index contributed by atoms with van der Waals surface area (Å²) in [6.45, 7) is 0.472. The molecule has 0 aliphatic heterocycles. The number of nitrogens with zero attached hydrogens (tertiary/aromatic N) is 2. The van der Waals surface area contributed by atoms with E-state index in [-0.39, 0.29) is 18.0 Å². The largest absolute Gasteiger partial charge is 0.349 e. The Hall–Kier alpha value is -3.61. The summed E-state index contributed by atoms with van der Waals surface area (Å²) in [4.78, 5) is 24.4. The second-order valence-electron chi connectivity index (χ2n) is 7.75. The number of rotatable bonds is 7. The lowest BCUT2D eigenvalue weighted by atomic mass is 10.1. The summed E-state index contributed by atoms with van der Waals surface area (Å²) in [7, 11) is 0. The first-order valence-corrected chi connectivity index (χ1v) is 10.7. The molecule has 3 amide bonds. The number of para-hydroxylation sites is 1. The van der Waals surface area contributed by atoms with E-state index in [4.69, 9.17) is 0 Å². The summed E-state index contributed by atoms with van der Waals surface area (Å²) in [5.41, 5.74) is 3.15. The van der Waals surface area contributed by atoms with Gasteiger partial charge in [0.05, 0.1) is 11.4 Å². The molecule has 1 aromatic heterocycles. The molecule has 0 saturated heterocycles. The number of nitrogens with one attached hydrogen (secondary N) is 3. The van der Waals surface area contributed by atoms with Gasteiger partial charge in [0.1, 0.15) is 0 Å². The van der Waals surface area contributed by atoms with Crippen molar-refractivity contribution in [3.05, 3.63) is 78.1 Å². The van der Waals surface area contributed by atoms with Gasteiger partial charge in [0.15, 0.2) is 0 Å². The summed E-state index contributed by atoms with van der Waals surface area (Å²) in [6.07, 6.45) is 7.01. The van der Waals surface area contributed by atoms with Crippen LogP contribution in [0.15, 0.2) is 66.9 Å². The van der Waals surface area contributed by atoms with Gasteiger partial charge in [-0.25, -0.2) is 9.48 Å². The third kappa shape index (κ3) is 5.72. The molecular weight excluding hydrogens is 390 g/mol. The summed E-state index contributed by atoms with van der Waals surface area (Å²) in [5.74, 6) is -0.0576. The van der Waals surface area contributed by atoms with Crippen molar-refractivity contribution in [3.8, 4) is 5.69 Å². The minimum atomic E-state index is -0.286. The maximum absolute atomic E-state index is 12.3. The van der Waals surface area contributed by atoms with E-state index < -0.39 is 0 Å². The van der Waals surface area contributed by atoms with Crippen LogP contribution in [0.2, 0.25) is 0 Å². The van der Waals surface area contributed by atoms with E-state index in [1.165, 1.54) is 12.8 Å². The second-order valence-corrected chi connectivity index (χ2v) is 7.75. The van der Waals surface area contributed by atoms with Crippen molar-refractivity contribution in [1.82, 2.24) is 20.4 Å². The first-order valence-electron chi connectivity index (χ1n) is 10.7. The molecule has 3 aromatic rings. The molecule has 1 fully saturated rings. The second kappa shape index (κ2) is 9.93. The van der Waals surface area contributed by atoms with Crippen molar-refractivity contribution in [2.45, 2.75) is 38.1 Å². The number of aromatic nitrogens is 2. The molecule has 1 aliphatic rings. The van der Waals surface area contributed by atoms with Crippen molar-refractivity contribution in [2.75, 3.05) is 11.9 Å². The van der Waals surface area contributed by atoms with E-state index >= 15 is 0 Å². The number of anilines is 1. The zero-order valence-corrected chi connectivity index (χ0v) is 17.4. The van der Waals surface area contributed by atoms with Crippen LogP contribution in [0.3, 0.4) is 0 Å². The maximum Gasteiger partial charge on any atom is 0.319 e. The summed E-state index contributed by atoms with van der Waals surface area (Å²) < 4.78 is 1.82. The van der Waals surface area contributed by atoms with Gasteiger partial charge in [-0.15, -0.1) is 0 Å². The third-order valence-electron chi connectivity index (χ3n) is 5.43. The van der Waals surface area contributed by atoms with Crippen LogP contribution in [0.1, 0.15) is 41.7 Å². The van der Waals surface area contributed by atoms with Crippen LogP contribution in [-0.4, -0.2) is 34.3 Å². The number of hydrogen-bond donors (Lipinski definition) is 3. The Morgan fingerprint density at radius 3 is 2.45 bits per heavy atom. The predicted molar refractivity (Wildman–Crippen MR) is 120 cm³/mol. The minimum Gasteiger partial charge on any atom is -0.349 e. The topological polar surface area (TPSA) is 88.1 Å². The Balaban J connectivity index is 1.21. The quantitative estimate of drug-likeness (QED) is 0.545. The average Bonchev–Trinajstić information content (AvgIpc) is 3.47. The lowest BCUT2D eigenvalue weighted by Crippen LogP contribution is -2.32. The van der Waals surface area contributed by atoms with Crippen LogP contribution in [0.4, 0.5) is 10.5 Å². The van der Waals surface area contributed by atoms with E-state index in [1.807, 2.05) is 47.3 Å². The fourth-order valence-electron chi connectivity index (χ4n) is 3.74. The first kappa shape index (κ1) is 20.7. The molecule has 1 saturated carbocycles. The Labute approximate surface area is 181 Å². The molecule has 7 nitrogen and oxygen atoms in total. The summed E-state index contributed by atoms with van der Waals surface area (Å²) in [5, 5.41) is 13.2. The Kier molecular flexibility index (Phi) is 6.62. The Morgan fingerprint density at radius 1 is 0.968 bits per heavy atom. The highest BCUT2D eigenvalue weighted by molar-refractivity contribution is 5.95. The lowest BCUT2D eigenvalue weighted by molar-refractivity contribution is 0.0938. The number of benzene rings is 2. The van der Waals surface area contributed by atoms with Crippen molar-refractivity contribution >= 4 is 17.6 Å². The molecule has 0 atom stereocenters. The SMILES string of the molecule is O=C(NCCc1ccn(-c2ccccc2)n1)Nc1ccc(C(=O)NC2CCCC2)cc1. The van der Waals surface area contributed by atoms with Gasteiger partial charge in [-0.2, -0.15) is 5.10 Å². The van der Waals surface area contributed by atoms with Gasteiger partial charge < -0.3 is 16.0 Å². The van der Waals surface area contributed by atoms with E-state index in [0.717, 1.165) is 24.2 Å². The fourth-order valence-corrected chi connectivity index (χ4v) is 3.74. The van der Waals surface area contributed by atoms with E-state index in [1.54, 1.807) is 24.3 Å². The van der Waals surface area contributed by atoms with Crippen molar-refractivity contribution in [3.63, 3.8) is 0 Å². The summed E-state index contributed by atoms with van der Waals surface area (Å²) in [6, 6.07) is 18.8. The third-order valence-corrected chi connectivity index (χ3v) is 5.43. The van der Waals surface area contributed by atoms with Gasteiger partial charge in [-0.1, -0.05) is 31.0 Å². The standard InChI is InChI=1S/C24H27N5O2/c30-23(26-19-6-4-5-7-19)18-10-12-20(13-11-18)27-24(31)25-16-14-21-15-17-29(28-21)22-8-2-1-3-9-22/h1-3,8-13,15,17,19H,4-7,14,16H2,(H,26,30)(H2,25,27,31).